The summed E-state index contributed by atoms with van der Waals surface area (Å²) in [6.07, 6.45) is -4.39. The van der Waals surface area contributed by atoms with Crippen LogP contribution in [0.25, 0.3) is 0 Å². The smallest absolute Gasteiger partial charge is 0.319 e. The first-order valence-electron chi connectivity index (χ1n) is 5.73. The minimum absolute atomic E-state index is 0.0515. The lowest BCUT2D eigenvalue weighted by atomic mass is 10.1. The Balaban J connectivity index is 2.10. The van der Waals surface area contributed by atoms with Crippen LogP contribution in [-0.2, 0) is 9.53 Å². The number of aliphatic hydroxyl groups is 3. The first-order valence-corrected chi connectivity index (χ1v) is 5.73. The van der Waals surface area contributed by atoms with E-state index in [4.69, 9.17) is 9.84 Å². The van der Waals surface area contributed by atoms with Crippen molar-refractivity contribution in [2.45, 2.75) is 31.0 Å². The van der Waals surface area contributed by atoms with Gasteiger partial charge in [-0.15, -0.1) is 0 Å². The zero-order valence-electron chi connectivity index (χ0n) is 9.65. The largest absolute Gasteiger partial charge is 0.394 e. The highest BCUT2D eigenvalue weighted by Gasteiger charge is 2.46. The van der Waals surface area contributed by atoms with Crippen LogP contribution >= 0.6 is 0 Å². The lowest BCUT2D eigenvalue weighted by molar-refractivity contribution is -0.118. The van der Waals surface area contributed by atoms with Gasteiger partial charge < -0.3 is 25.4 Å². The van der Waals surface area contributed by atoms with Gasteiger partial charge in [-0.3, -0.25) is 9.69 Å². The molecular weight excluding hydrogens is 244 g/mol. The number of ketones is 1. The van der Waals surface area contributed by atoms with E-state index >= 15 is 0 Å². The van der Waals surface area contributed by atoms with Crippen molar-refractivity contribution in [2.75, 3.05) is 19.7 Å². The van der Waals surface area contributed by atoms with Gasteiger partial charge in [-0.2, -0.15) is 0 Å². The van der Waals surface area contributed by atoms with Crippen molar-refractivity contribution in [3.8, 4) is 0 Å². The second-order valence-corrected chi connectivity index (χ2v) is 4.37. The molecule has 2 heterocycles. The number of nitrogens with one attached hydrogen (secondary N) is 1. The maximum atomic E-state index is 11.7. The number of ether oxygens (including phenoxy) is 1. The Morgan fingerprint density at radius 2 is 2.06 bits per heavy atom. The molecule has 8 heteroatoms. The van der Waals surface area contributed by atoms with Gasteiger partial charge in [0.1, 0.15) is 18.3 Å². The van der Waals surface area contributed by atoms with Gasteiger partial charge in [-0.25, -0.2) is 4.79 Å². The zero-order valence-corrected chi connectivity index (χ0v) is 9.65. The topological polar surface area (TPSA) is 119 Å². The van der Waals surface area contributed by atoms with Gasteiger partial charge in [-0.05, 0) is 0 Å². The van der Waals surface area contributed by atoms with E-state index in [0.29, 0.717) is 0 Å². The van der Waals surface area contributed by atoms with Gasteiger partial charge in [0, 0.05) is 13.0 Å². The van der Waals surface area contributed by atoms with Crippen molar-refractivity contribution < 1.29 is 29.6 Å². The molecule has 0 aromatic rings. The number of hydrogen-bond acceptors (Lipinski definition) is 6. The highest BCUT2D eigenvalue weighted by Crippen LogP contribution is 2.24. The van der Waals surface area contributed by atoms with Gasteiger partial charge in [0.25, 0.3) is 0 Å². The van der Waals surface area contributed by atoms with Crippen LogP contribution in [0.2, 0.25) is 0 Å². The minimum Gasteiger partial charge on any atom is -0.394 e. The summed E-state index contributed by atoms with van der Waals surface area (Å²) in [4.78, 5) is 24.1. The highest BCUT2D eigenvalue weighted by molar-refractivity contribution is 5.87. The molecule has 0 bridgehead atoms. The van der Waals surface area contributed by atoms with Crippen LogP contribution in [0.15, 0.2) is 0 Å². The van der Waals surface area contributed by atoms with Crippen molar-refractivity contribution in [1.82, 2.24) is 10.2 Å². The average Bonchev–Trinajstić information content (AvgIpc) is 2.53. The molecular formula is C10H16N2O6. The predicted octanol–water partition coefficient (Wildman–Crippen LogP) is -2.59. The van der Waals surface area contributed by atoms with E-state index in [1.54, 1.807) is 0 Å². The van der Waals surface area contributed by atoms with E-state index in [1.165, 1.54) is 0 Å². The maximum absolute atomic E-state index is 11.7. The fraction of sp³-hybridized carbons (Fsp3) is 0.800. The van der Waals surface area contributed by atoms with Gasteiger partial charge >= 0.3 is 6.03 Å². The molecule has 0 aromatic carbocycles. The summed E-state index contributed by atoms with van der Waals surface area (Å²) >= 11 is 0. The van der Waals surface area contributed by atoms with Crippen LogP contribution in [0.4, 0.5) is 4.79 Å². The molecule has 0 aliphatic carbocycles. The molecule has 2 saturated heterocycles. The molecule has 2 aliphatic heterocycles. The summed E-state index contributed by atoms with van der Waals surface area (Å²) in [7, 11) is 0. The number of Topliss-reactive ketones (excluding diaryl/α,β-unsaturated/α-hetero) is 1. The summed E-state index contributed by atoms with van der Waals surface area (Å²) in [5.74, 6) is -0.113. The Hall–Kier alpha value is -1.22. The van der Waals surface area contributed by atoms with Crippen LogP contribution in [0, 0.1) is 0 Å². The fourth-order valence-corrected chi connectivity index (χ4v) is 2.09. The number of amides is 2. The molecule has 0 spiro atoms. The van der Waals surface area contributed by atoms with E-state index < -0.39 is 37.2 Å². The molecule has 0 radical (unpaired) electrons. The van der Waals surface area contributed by atoms with Crippen LogP contribution in [0.1, 0.15) is 6.42 Å². The number of rotatable bonds is 2. The Morgan fingerprint density at radius 1 is 1.33 bits per heavy atom. The monoisotopic (exact) mass is 260 g/mol. The number of carbonyl (C=O) groups is 2. The Labute approximate surface area is 103 Å². The van der Waals surface area contributed by atoms with Crippen molar-refractivity contribution in [3.63, 3.8) is 0 Å². The molecule has 2 fully saturated rings. The van der Waals surface area contributed by atoms with Gasteiger partial charge in [0.05, 0.1) is 13.2 Å². The summed E-state index contributed by atoms with van der Waals surface area (Å²) in [5, 5.41) is 30.8. The molecule has 2 aliphatic rings. The van der Waals surface area contributed by atoms with E-state index in [9.17, 15) is 19.8 Å². The van der Waals surface area contributed by atoms with E-state index in [-0.39, 0.29) is 25.3 Å². The van der Waals surface area contributed by atoms with Crippen LogP contribution in [-0.4, -0.2) is 76.3 Å². The third kappa shape index (κ3) is 2.32. The quantitative estimate of drug-likeness (QED) is 0.432. The lowest BCUT2D eigenvalue weighted by Crippen LogP contribution is -2.50. The minimum atomic E-state index is -1.30. The normalized spacial score (nSPS) is 37.6. The molecule has 2 rings (SSSR count). The summed E-state index contributed by atoms with van der Waals surface area (Å²) in [5.41, 5.74) is 0. The van der Waals surface area contributed by atoms with Crippen molar-refractivity contribution in [3.05, 3.63) is 0 Å². The standard InChI is InChI=1S/C10H16N2O6/c13-4-6-7(15)8(16)9(18-6)12-2-1-5(14)3-11-10(12)17/h6-9,13,15-16H,1-4H2,(H,11,17)/t6-,7-,8-,9-/m1/s1. The van der Waals surface area contributed by atoms with E-state index in [0.717, 1.165) is 4.90 Å². The van der Waals surface area contributed by atoms with Crippen molar-refractivity contribution in [2.24, 2.45) is 0 Å². The molecule has 4 N–H and O–H groups in total. The zero-order chi connectivity index (χ0) is 13.3. The summed E-state index contributed by atoms with van der Waals surface area (Å²) in [6, 6.07) is -0.532. The van der Waals surface area contributed by atoms with Gasteiger partial charge in [0.2, 0.25) is 0 Å². The first-order chi connectivity index (χ1) is 8.54. The van der Waals surface area contributed by atoms with Crippen LogP contribution in [0.5, 0.6) is 0 Å². The molecule has 0 saturated carbocycles. The fourth-order valence-electron chi connectivity index (χ4n) is 2.09. The SMILES string of the molecule is O=C1CCN([C@@H]2O[C@H](CO)[C@@H](O)[C@H]2O)C(=O)NC1. The van der Waals surface area contributed by atoms with Crippen LogP contribution in [0.3, 0.4) is 0 Å². The van der Waals surface area contributed by atoms with Gasteiger partial charge in [-0.1, -0.05) is 0 Å². The van der Waals surface area contributed by atoms with E-state index in [1.807, 2.05) is 0 Å². The van der Waals surface area contributed by atoms with Crippen molar-refractivity contribution in [1.29, 1.82) is 0 Å². The molecule has 0 unspecified atom stereocenters. The number of aliphatic hydroxyl groups excluding tert-OH is 3. The van der Waals surface area contributed by atoms with E-state index in [2.05, 4.69) is 5.32 Å². The second-order valence-electron chi connectivity index (χ2n) is 4.37. The van der Waals surface area contributed by atoms with Gasteiger partial charge in [0.15, 0.2) is 12.0 Å². The number of carbonyl (C=O) groups excluding carboxylic acids is 2. The molecule has 102 valence electrons. The number of hydrogen-bond donors (Lipinski definition) is 4. The molecule has 18 heavy (non-hydrogen) atoms. The Kier molecular flexibility index (Phi) is 3.81. The lowest BCUT2D eigenvalue weighted by Gasteiger charge is -2.28. The van der Waals surface area contributed by atoms with Crippen LogP contribution < -0.4 is 5.32 Å². The Bertz CT molecular complexity index is 349. The molecule has 2 amide bonds. The summed E-state index contributed by atoms with van der Waals surface area (Å²) < 4.78 is 5.24. The number of nitrogens with zero attached hydrogens (tertiary/aromatic N) is 1. The number of urea groups is 1. The first kappa shape index (κ1) is 13.2. The molecule has 8 nitrogen and oxygen atoms in total. The third-order valence-corrected chi connectivity index (χ3v) is 3.15. The second kappa shape index (κ2) is 5.19. The Morgan fingerprint density at radius 3 is 2.67 bits per heavy atom. The van der Waals surface area contributed by atoms with Crippen molar-refractivity contribution >= 4 is 11.8 Å². The highest BCUT2D eigenvalue weighted by atomic mass is 16.6. The molecule has 4 atom stereocenters. The third-order valence-electron chi connectivity index (χ3n) is 3.15. The molecule has 0 aromatic heterocycles. The maximum Gasteiger partial charge on any atom is 0.319 e. The summed E-state index contributed by atoms with van der Waals surface area (Å²) in [6.45, 7) is -0.398. The predicted molar refractivity (Wildman–Crippen MR) is 57.5 cm³/mol. The average molecular weight is 260 g/mol.